The second-order valence-corrected chi connectivity index (χ2v) is 5.58. The number of hydrogen-bond acceptors (Lipinski definition) is 4. The van der Waals surface area contributed by atoms with Crippen molar-refractivity contribution in [1.29, 1.82) is 0 Å². The number of nitrogens with one attached hydrogen (secondary N) is 3. The van der Waals surface area contributed by atoms with Crippen molar-refractivity contribution < 1.29 is 4.79 Å². The maximum Gasteiger partial charge on any atom is 0.340 e. The number of benzene rings is 1. The van der Waals surface area contributed by atoms with Crippen LogP contribution >= 0.6 is 0 Å². The molecule has 0 saturated heterocycles. The molecule has 2 heterocycles. The van der Waals surface area contributed by atoms with Crippen LogP contribution in [0.15, 0.2) is 41.3 Å². The Morgan fingerprint density at radius 1 is 1.33 bits per heavy atom. The van der Waals surface area contributed by atoms with E-state index in [9.17, 15) is 9.59 Å². The van der Waals surface area contributed by atoms with Gasteiger partial charge in [-0.3, -0.25) is 14.5 Å². The van der Waals surface area contributed by atoms with Crippen molar-refractivity contribution in [3.63, 3.8) is 0 Å². The lowest BCUT2D eigenvalue weighted by atomic mass is 10.0. The minimum atomic E-state index is -0.460. The first kappa shape index (κ1) is 15.7. The molecule has 0 aliphatic heterocycles. The number of hydrogen-bond donors (Lipinski definition) is 3. The van der Waals surface area contributed by atoms with E-state index in [1.54, 1.807) is 24.9 Å². The Morgan fingerprint density at radius 3 is 2.67 bits per heavy atom. The highest BCUT2D eigenvalue weighted by atomic mass is 16.2. The molecule has 0 bridgehead atoms. The van der Waals surface area contributed by atoms with E-state index in [1.807, 2.05) is 30.3 Å². The molecule has 2 aromatic heterocycles. The summed E-state index contributed by atoms with van der Waals surface area (Å²) in [7, 11) is 1.76. The van der Waals surface area contributed by atoms with Gasteiger partial charge in [-0.05, 0) is 18.9 Å². The molecule has 1 aromatic carbocycles. The molecule has 3 N–H and O–H groups in total. The molecule has 8 nitrogen and oxygen atoms in total. The van der Waals surface area contributed by atoms with Gasteiger partial charge in [0, 0.05) is 13.2 Å². The van der Waals surface area contributed by atoms with Gasteiger partial charge < -0.3 is 5.32 Å². The number of aromatic nitrogens is 5. The van der Waals surface area contributed by atoms with Crippen molar-refractivity contribution in [3.8, 4) is 0 Å². The Hall–Kier alpha value is -3.16. The van der Waals surface area contributed by atoms with Crippen molar-refractivity contribution in [2.75, 3.05) is 0 Å². The zero-order valence-electron chi connectivity index (χ0n) is 13.4. The summed E-state index contributed by atoms with van der Waals surface area (Å²) in [6.07, 6.45) is 2.17. The molecule has 0 fully saturated rings. The fourth-order valence-corrected chi connectivity index (χ4v) is 2.57. The maximum atomic E-state index is 12.6. The maximum absolute atomic E-state index is 12.6. The molecule has 3 rings (SSSR count). The number of aryl methyl sites for hydroxylation is 2. The highest BCUT2D eigenvalue weighted by Gasteiger charge is 2.21. The minimum absolute atomic E-state index is 0.259. The molecule has 0 aliphatic carbocycles. The van der Waals surface area contributed by atoms with Crippen molar-refractivity contribution in [2.45, 2.75) is 19.4 Å². The molecule has 0 spiro atoms. The molecule has 0 aliphatic rings. The van der Waals surface area contributed by atoms with Gasteiger partial charge in [0.25, 0.3) is 5.91 Å². The first-order valence-corrected chi connectivity index (χ1v) is 7.52. The Kier molecular flexibility index (Phi) is 4.28. The van der Waals surface area contributed by atoms with Gasteiger partial charge in [-0.15, -0.1) is 0 Å². The monoisotopic (exact) mass is 326 g/mol. The molecule has 1 amide bonds. The van der Waals surface area contributed by atoms with Crippen LogP contribution in [0.1, 0.15) is 33.5 Å². The summed E-state index contributed by atoms with van der Waals surface area (Å²) in [6, 6.07) is 9.23. The van der Waals surface area contributed by atoms with Gasteiger partial charge in [-0.25, -0.2) is 9.89 Å². The first-order chi connectivity index (χ1) is 11.5. The molecule has 1 atom stereocenters. The third-order valence-electron chi connectivity index (χ3n) is 3.70. The number of carbonyl (C=O) groups excluding carboxylic acids is 1. The van der Waals surface area contributed by atoms with E-state index in [4.69, 9.17) is 0 Å². The standard InChI is InChI=1S/C16H18N6O2/c1-10-12(9-22(2)21-10)15(23)17-13(14-18-16(24)20-19-14)8-11-6-4-3-5-7-11/h3-7,9,13H,8H2,1-2H3,(H,17,23)(H2,18,19,20,24)/t13-/m0/s1. The van der Waals surface area contributed by atoms with Crippen molar-refractivity contribution in [1.82, 2.24) is 30.3 Å². The van der Waals surface area contributed by atoms with Gasteiger partial charge in [-0.2, -0.15) is 10.2 Å². The van der Waals surface area contributed by atoms with E-state index in [-0.39, 0.29) is 5.91 Å². The molecule has 0 saturated carbocycles. The number of aromatic amines is 2. The summed E-state index contributed by atoms with van der Waals surface area (Å²) < 4.78 is 1.59. The Balaban J connectivity index is 1.86. The largest absolute Gasteiger partial charge is 0.342 e. The van der Waals surface area contributed by atoms with Crippen molar-refractivity contribution in [3.05, 3.63) is 69.7 Å². The van der Waals surface area contributed by atoms with Crippen LogP contribution in [0.3, 0.4) is 0 Å². The highest BCUT2D eigenvalue weighted by molar-refractivity contribution is 5.95. The molecular formula is C16H18N6O2. The van der Waals surface area contributed by atoms with Gasteiger partial charge in [0.1, 0.15) is 0 Å². The van der Waals surface area contributed by atoms with E-state index in [0.29, 0.717) is 23.5 Å². The fraction of sp³-hybridized carbons (Fsp3) is 0.250. The molecule has 0 radical (unpaired) electrons. The van der Waals surface area contributed by atoms with Crippen LogP contribution in [0.4, 0.5) is 0 Å². The van der Waals surface area contributed by atoms with Gasteiger partial charge >= 0.3 is 5.69 Å². The number of rotatable bonds is 5. The van der Waals surface area contributed by atoms with Gasteiger partial charge in [-0.1, -0.05) is 30.3 Å². The fourth-order valence-electron chi connectivity index (χ4n) is 2.57. The zero-order valence-corrected chi connectivity index (χ0v) is 13.4. The number of nitrogens with zero attached hydrogens (tertiary/aromatic N) is 3. The summed E-state index contributed by atoms with van der Waals surface area (Å²) in [4.78, 5) is 26.5. The Labute approximate surface area is 137 Å². The normalized spacial score (nSPS) is 12.1. The topological polar surface area (TPSA) is 108 Å². The molecule has 8 heteroatoms. The average Bonchev–Trinajstić information content (AvgIpc) is 3.13. The molecule has 0 unspecified atom stereocenters. The van der Waals surface area contributed by atoms with E-state index < -0.39 is 11.7 Å². The quantitative estimate of drug-likeness (QED) is 0.646. The number of amides is 1. The van der Waals surface area contributed by atoms with Gasteiger partial charge in [0.2, 0.25) is 0 Å². The number of H-pyrrole nitrogens is 2. The van der Waals surface area contributed by atoms with Crippen LogP contribution in [-0.2, 0) is 13.5 Å². The molecule has 24 heavy (non-hydrogen) atoms. The molecule has 3 aromatic rings. The summed E-state index contributed by atoms with van der Waals surface area (Å²) in [5.41, 5.74) is 1.75. The van der Waals surface area contributed by atoms with E-state index in [1.165, 1.54) is 0 Å². The van der Waals surface area contributed by atoms with E-state index in [0.717, 1.165) is 5.56 Å². The molecule has 124 valence electrons. The third-order valence-corrected chi connectivity index (χ3v) is 3.70. The lowest BCUT2D eigenvalue weighted by molar-refractivity contribution is 0.0934. The van der Waals surface area contributed by atoms with Crippen LogP contribution in [0, 0.1) is 6.92 Å². The van der Waals surface area contributed by atoms with Crippen LogP contribution in [-0.4, -0.2) is 30.9 Å². The lowest BCUT2D eigenvalue weighted by Crippen LogP contribution is -2.31. The van der Waals surface area contributed by atoms with Gasteiger partial charge in [0.05, 0.1) is 17.3 Å². The lowest BCUT2D eigenvalue weighted by Gasteiger charge is -2.16. The average molecular weight is 326 g/mol. The third kappa shape index (κ3) is 3.43. The predicted octanol–water partition coefficient (Wildman–Crippen LogP) is 0.854. The Bertz CT molecular complexity index is 893. The van der Waals surface area contributed by atoms with Crippen molar-refractivity contribution >= 4 is 5.91 Å². The summed E-state index contributed by atoms with van der Waals surface area (Å²) in [5, 5.41) is 13.4. The minimum Gasteiger partial charge on any atom is -0.342 e. The van der Waals surface area contributed by atoms with Crippen LogP contribution in [0.25, 0.3) is 0 Å². The smallest absolute Gasteiger partial charge is 0.340 e. The second-order valence-electron chi connectivity index (χ2n) is 5.58. The van der Waals surface area contributed by atoms with Crippen molar-refractivity contribution in [2.24, 2.45) is 7.05 Å². The van der Waals surface area contributed by atoms with E-state index in [2.05, 4.69) is 25.6 Å². The summed E-state index contributed by atoms with van der Waals surface area (Å²) >= 11 is 0. The predicted molar refractivity (Wildman–Crippen MR) is 87.5 cm³/mol. The van der Waals surface area contributed by atoms with Gasteiger partial charge in [0.15, 0.2) is 5.82 Å². The summed E-state index contributed by atoms with van der Waals surface area (Å²) in [6.45, 7) is 1.78. The van der Waals surface area contributed by atoms with Crippen LogP contribution < -0.4 is 11.0 Å². The van der Waals surface area contributed by atoms with Crippen LogP contribution in [0.2, 0.25) is 0 Å². The first-order valence-electron chi connectivity index (χ1n) is 7.52. The second kappa shape index (κ2) is 6.53. The highest BCUT2D eigenvalue weighted by Crippen LogP contribution is 2.15. The van der Waals surface area contributed by atoms with Crippen LogP contribution in [0.5, 0.6) is 0 Å². The van der Waals surface area contributed by atoms with E-state index >= 15 is 0 Å². The summed E-state index contributed by atoms with van der Waals surface area (Å²) in [5.74, 6) is 0.129. The Morgan fingerprint density at radius 2 is 2.08 bits per heavy atom. The zero-order chi connectivity index (χ0) is 17.1. The molecular weight excluding hydrogens is 308 g/mol. The number of carbonyl (C=O) groups is 1. The SMILES string of the molecule is Cc1nn(C)cc1C(=O)N[C@@H](Cc1ccccc1)c1n[nH]c(=O)[nH]1.